The number of amides is 2. The molecule has 5 nitrogen and oxygen atoms in total. The average molecular weight is 289 g/mol. The van der Waals surface area contributed by atoms with Crippen molar-refractivity contribution in [1.82, 2.24) is 10.6 Å². The Bertz CT molecular complexity index is 528. The van der Waals surface area contributed by atoms with Crippen molar-refractivity contribution in [3.8, 4) is 0 Å². The molecule has 0 spiro atoms. The van der Waals surface area contributed by atoms with Gasteiger partial charge in [-0.15, -0.1) is 0 Å². The maximum Gasteiger partial charge on any atom is 0.239 e. The SMILES string of the molecule is CC(C)NC(=O)CNC(=O)C1Cc2ccccc2NC1C. The fourth-order valence-electron chi connectivity index (χ4n) is 2.59. The Kier molecular flexibility index (Phi) is 4.83. The van der Waals surface area contributed by atoms with Crippen molar-refractivity contribution in [2.24, 2.45) is 5.92 Å². The second-order valence-corrected chi connectivity index (χ2v) is 5.84. The third kappa shape index (κ3) is 3.97. The Hall–Kier alpha value is -2.04. The number of hydrogen-bond donors (Lipinski definition) is 3. The molecule has 0 saturated carbocycles. The lowest BCUT2D eigenvalue weighted by Gasteiger charge is -2.31. The standard InChI is InChI=1S/C16H23N3O2/c1-10(2)18-15(20)9-17-16(21)13-8-12-6-4-5-7-14(12)19-11(13)3/h4-7,10-11,13,19H,8-9H2,1-3H3,(H,17,21)(H,18,20). The molecule has 0 saturated heterocycles. The van der Waals surface area contributed by atoms with Crippen molar-refractivity contribution in [3.63, 3.8) is 0 Å². The minimum atomic E-state index is -0.160. The van der Waals surface area contributed by atoms with E-state index >= 15 is 0 Å². The largest absolute Gasteiger partial charge is 0.382 e. The highest BCUT2D eigenvalue weighted by atomic mass is 16.2. The summed E-state index contributed by atoms with van der Waals surface area (Å²) in [6.07, 6.45) is 0.696. The Balaban J connectivity index is 1.93. The van der Waals surface area contributed by atoms with Crippen LogP contribution in [0.5, 0.6) is 0 Å². The van der Waals surface area contributed by atoms with Gasteiger partial charge < -0.3 is 16.0 Å². The lowest BCUT2D eigenvalue weighted by atomic mass is 9.87. The van der Waals surface area contributed by atoms with Crippen LogP contribution in [0.25, 0.3) is 0 Å². The summed E-state index contributed by atoms with van der Waals surface area (Å²) in [5.41, 5.74) is 2.23. The van der Waals surface area contributed by atoms with Crippen LogP contribution in [0.3, 0.4) is 0 Å². The van der Waals surface area contributed by atoms with Crippen LogP contribution in [0.2, 0.25) is 0 Å². The van der Waals surface area contributed by atoms with Crippen molar-refractivity contribution in [1.29, 1.82) is 0 Å². The van der Waals surface area contributed by atoms with E-state index < -0.39 is 0 Å². The van der Waals surface area contributed by atoms with Crippen LogP contribution < -0.4 is 16.0 Å². The number of carbonyl (C=O) groups is 2. The van der Waals surface area contributed by atoms with E-state index in [0.717, 1.165) is 11.3 Å². The number of anilines is 1. The van der Waals surface area contributed by atoms with E-state index in [0.29, 0.717) is 6.42 Å². The second-order valence-electron chi connectivity index (χ2n) is 5.84. The van der Waals surface area contributed by atoms with Gasteiger partial charge in [0.1, 0.15) is 0 Å². The van der Waals surface area contributed by atoms with Gasteiger partial charge in [0.25, 0.3) is 0 Å². The first-order chi connectivity index (χ1) is 9.97. The molecule has 21 heavy (non-hydrogen) atoms. The minimum Gasteiger partial charge on any atom is -0.382 e. The molecule has 3 N–H and O–H groups in total. The van der Waals surface area contributed by atoms with Gasteiger partial charge in [0.15, 0.2) is 0 Å². The van der Waals surface area contributed by atoms with E-state index in [1.165, 1.54) is 0 Å². The highest BCUT2D eigenvalue weighted by Gasteiger charge is 2.30. The van der Waals surface area contributed by atoms with Crippen LogP contribution in [0.15, 0.2) is 24.3 Å². The van der Waals surface area contributed by atoms with E-state index in [4.69, 9.17) is 0 Å². The predicted molar refractivity (Wildman–Crippen MR) is 83.0 cm³/mol. The molecule has 1 aliphatic heterocycles. The van der Waals surface area contributed by atoms with Crippen molar-refractivity contribution >= 4 is 17.5 Å². The minimum absolute atomic E-state index is 0.0296. The van der Waals surface area contributed by atoms with Crippen LogP contribution in [0.1, 0.15) is 26.3 Å². The number of fused-ring (bicyclic) bond motifs is 1. The Morgan fingerprint density at radius 2 is 2.05 bits per heavy atom. The van der Waals surface area contributed by atoms with Crippen LogP contribution in [-0.2, 0) is 16.0 Å². The van der Waals surface area contributed by atoms with Gasteiger partial charge in [-0.2, -0.15) is 0 Å². The van der Waals surface area contributed by atoms with Gasteiger partial charge >= 0.3 is 0 Å². The molecule has 0 aromatic heterocycles. The summed E-state index contributed by atoms with van der Waals surface area (Å²) in [6, 6.07) is 8.14. The van der Waals surface area contributed by atoms with E-state index in [1.807, 2.05) is 45.0 Å². The summed E-state index contributed by atoms with van der Waals surface area (Å²) in [5.74, 6) is -0.398. The maximum absolute atomic E-state index is 12.3. The van der Waals surface area contributed by atoms with Crippen LogP contribution in [-0.4, -0.2) is 30.4 Å². The molecule has 1 aliphatic rings. The molecule has 0 radical (unpaired) electrons. The number of carbonyl (C=O) groups excluding carboxylic acids is 2. The van der Waals surface area contributed by atoms with Crippen molar-refractivity contribution in [3.05, 3.63) is 29.8 Å². The van der Waals surface area contributed by atoms with Gasteiger partial charge in [0, 0.05) is 17.8 Å². The molecule has 0 aliphatic carbocycles. The summed E-state index contributed by atoms with van der Waals surface area (Å²) < 4.78 is 0. The number of rotatable bonds is 4. The molecule has 1 aromatic rings. The molecule has 2 amide bonds. The number of benzene rings is 1. The van der Waals surface area contributed by atoms with Gasteiger partial charge in [0.05, 0.1) is 12.5 Å². The predicted octanol–water partition coefficient (Wildman–Crippen LogP) is 1.30. The monoisotopic (exact) mass is 289 g/mol. The first-order valence-electron chi connectivity index (χ1n) is 7.39. The van der Waals surface area contributed by atoms with Gasteiger partial charge in [-0.3, -0.25) is 9.59 Å². The molecule has 5 heteroatoms. The van der Waals surface area contributed by atoms with E-state index in [-0.39, 0.29) is 36.4 Å². The van der Waals surface area contributed by atoms with E-state index in [9.17, 15) is 9.59 Å². The fraction of sp³-hybridized carbons (Fsp3) is 0.500. The van der Waals surface area contributed by atoms with Crippen molar-refractivity contribution in [2.45, 2.75) is 39.3 Å². The first kappa shape index (κ1) is 15.4. The van der Waals surface area contributed by atoms with Crippen molar-refractivity contribution in [2.75, 3.05) is 11.9 Å². The zero-order valence-corrected chi connectivity index (χ0v) is 12.8. The zero-order valence-electron chi connectivity index (χ0n) is 12.8. The summed E-state index contributed by atoms with van der Waals surface area (Å²) in [7, 11) is 0. The molecule has 2 atom stereocenters. The summed E-state index contributed by atoms with van der Waals surface area (Å²) in [6.45, 7) is 5.81. The molecule has 1 heterocycles. The summed E-state index contributed by atoms with van der Waals surface area (Å²) in [4.78, 5) is 23.9. The molecule has 0 bridgehead atoms. The molecule has 114 valence electrons. The molecule has 2 unspecified atom stereocenters. The van der Waals surface area contributed by atoms with Crippen LogP contribution >= 0.6 is 0 Å². The summed E-state index contributed by atoms with van der Waals surface area (Å²) >= 11 is 0. The number of para-hydroxylation sites is 1. The average Bonchev–Trinajstić information content (AvgIpc) is 2.43. The first-order valence-corrected chi connectivity index (χ1v) is 7.39. The third-order valence-corrected chi connectivity index (χ3v) is 3.65. The normalized spacial score (nSPS) is 20.4. The molecule has 0 fully saturated rings. The quantitative estimate of drug-likeness (QED) is 0.782. The Labute approximate surface area is 125 Å². The van der Waals surface area contributed by atoms with Gasteiger partial charge in [-0.1, -0.05) is 18.2 Å². The van der Waals surface area contributed by atoms with Gasteiger partial charge in [-0.05, 0) is 38.8 Å². The smallest absolute Gasteiger partial charge is 0.239 e. The van der Waals surface area contributed by atoms with Crippen molar-refractivity contribution < 1.29 is 9.59 Å². The fourth-order valence-corrected chi connectivity index (χ4v) is 2.59. The lowest BCUT2D eigenvalue weighted by molar-refractivity contribution is -0.129. The third-order valence-electron chi connectivity index (χ3n) is 3.65. The number of hydrogen-bond acceptors (Lipinski definition) is 3. The highest BCUT2D eigenvalue weighted by Crippen LogP contribution is 2.28. The Morgan fingerprint density at radius 1 is 1.33 bits per heavy atom. The highest BCUT2D eigenvalue weighted by molar-refractivity contribution is 5.87. The molecule has 1 aromatic carbocycles. The van der Waals surface area contributed by atoms with E-state index in [1.54, 1.807) is 0 Å². The van der Waals surface area contributed by atoms with Gasteiger partial charge in [0.2, 0.25) is 11.8 Å². The van der Waals surface area contributed by atoms with Crippen LogP contribution in [0.4, 0.5) is 5.69 Å². The van der Waals surface area contributed by atoms with Crippen LogP contribution in [0, 0.1) is 5.92 Å². The second kappa shape index (κ2) is 6.61. The molecular weight excluding hydrogens is 266 g/mol. The Morgan fingerprint density at radius 3 is 2.76 bits per heavy atom. The molecule has 2 rings (SSSR count). The van der Waals surface area contributed by atoms with E-state index in [2.05, 4.69) is 16.0 Å². The lowest BCUT2D eigenvalue weighted by Crippen LogP contribution is -2.47. The number of nitrogens with one attached hydrogen (secondary N) is 3. The van der Waals surface area contributed by atoms with Gasteiger partial charge in [-0.25, -0.2) is 0 Å². The summed E-state index contributed by atoms with van der Waals surface area (Å²) in [5, 5.41) is 8.84. The topological polar surface area (TPSA) is 70.2 Å². The molecular formula is C16H23N3O2. The maximum atomic E-state index is 12.3. The zero-order chi connectivity index (χ0) is 15.4.